The molecule has 4 aromatic rings. The Morgan fingerprint density at radius 2 is 1.46 bits per heavy atom. The molecule has 4 heterocycles. The quantitative estimate of drug-likeness (QED) is 0.269. The van der Waals surface area contributed by atoms with Crippen molar-refractivity contribution in [3.8, 4) is 0 Å². The monoisotopic (exact) mass is 500 g/mol. The predicted octanol–water partition coefficient (Wildman–Crippen LogP) is 5.15. The zero-order chi connectivity index (χ0) is 19.1. The maximum atomic E-state index is 3.61. The van der Waals surface area contributed by atoms with Gasteiger partial charge in [-0.25, -0.2) is 0 Å². The molecule has 144 valence electrons. The largest absolute Gasteiger partial charge is 0.358 e. The summed E-state index contributed by atoms with van der Waals surface area (Å²) in [5, 5.41) is 9.51. The molecular weight excluding hydrogens is 480 g/mol. The maximum absolute atomic E-state index is 3.61. The lowest BCUT2D eigenvalue weighted by atomic mass is 10.1. The summed E-state index contributed by atoms with van der Waals surface area (Å²) in [4.78, 5) is 6.97. The van der Waals surface area contributed by atoms with Gasteiger partial charge in [0.25, 0.3) is 0 Å². The number of aromatic nitrogens is 2. The Hall–Kier alpha value is -1.60. The van der Waals surface area contributed by atoms with Crippen LogP contribution in [-0.2, 0) is 25.9 Å². The second-order valence-corrected chi connectivity index (χ2v) is 9.14. The fraction of sp³-hybridized carbons (Fsp3) is 0.273. The van der Waals surface area contributed by atoms with Crippen LogP contribution in [0, 0.1) is 0 Å². The van der Waals surface area contributed by atoms with E-state index in [0.29, 0.717) is 0 Å². The number of nitrogens with one attached hydrogen (secondary N) is 4. The van der Waals surface area contributed by atoms with Crippen LogP contribution in [0.5, 0.6) is 0 Å². The number of rotatable bonds is 0. The van der Waals surface area contributed by atoms with E-state index in [0.717, 1.165) is 43.5 Å². The Kier molecular flexibility index (Phi) is 5.05. The second-order valence-electron chi connectivity index (χ2n) is 7.37. The first-order valence-corrected chi connectivity index (χ1v) is 11.3. The lowest BCUT2D eigenvalue weighted by molar-refractivity contribution is 0.640. The summed E-state index contributed by atoms with van der Waals surface area (Å²) in [5.41, 5.74) is 8.15. The molecule has 2 aromatic heterocycles. The molecule has 0 saturated heterocycles. The van der Waals surface area contributed by atoms with E-state index in [1.807, 2.05) is 0 Å². The van der Waals surface area contributed by atoms with E-state index in [2.05, 4.69) is 88.9 Å². The first-order valence-electron chi connectivity index (χ1n) is 9.69. The zero-order valence-electron chi connectivity index (χ0n) is 15.5. The molecule has 0 radical (unpaired) electrons. The smallest absolute Gasteiger partial charge is 0.0470 e. The third-order valence-electron chi connectivity index (χ3n) is 5.63. The summed E-state index contributed by atoms with van der Waals surface area (Å²) in [6.45, 7) is 4.15. The third kappa shape index (κ3) is 3.32. The highest BCUT2D eigenvalue weighted by Gasteiger charge is 2.16. The molecule has 2 aliphatic rings. The fourth-order valence-electron chi connectivity index (χ4n) is 4.28. The molecule has 2 aliphatic heterocycles. The first kappa shape index (κ1) is 18.4. The van der Waals surface area contributed by atoms with E-state index in [1.54, 1.807) is 0 Å². The molecular formula is C22H22Br2N4. The van der Waals surface area contributed by atoms with Crippen molar-refractivity contribution >= 4 is 53.7 Å². The predicted molar refractivity (Wildman–Crippen MR) is 123 cm³/mol. The molecule has 0 unspecified atom stereocenters. The minimum Gasteiger partial charge on any atom is -0.358 e. The molecule has 4 N–H and O–H groups in total. The number of aromatic amines is 2. The summed E-state index contributed by atoms with van der Waals surface area (Å²) in [7, 11) is 0. The number of benzene rings is 2. The molecule has 0 fully saturated rings. The van der Waals surface area contributed by atoms with Gasteiger partial charge < -0.3 is 20.6 Å². The van der Waals surface area contributed by atoms with E-state index in [4.69, 9.17) is 0 Å². The van der Waals surface area contributed by atoms with Gasteiger partial charge >= 0.3 is 0 Å². The third-order valence-corrected chi connectivity index (χ3v) is 6.78. The Balaban J connectivity index is 0.000000122. The standard InChI is InChI=1S/2C11H11BrN2/c12-7-1-2-8-9-6-13-4-3-10(9)14-11(8)5-7;12-8-2-1-3-10-11(8)7-6-13-5-4-9(7)14-10/h1-2,5,13-14H,3-4,6H2;1-3,13-14H,4-6H2. The Labute approximate surface area is 180 Å². The van der Waals surface area contributed by atoms with Gasteiger partial charge in [0.15, 0.2) is 0 Å². The molecule has 0 amide bonds. The summed E-state index contributed by atoms with van der Waals surface area (Å²) in [6.07, 6.45) is 2.22. The van der Waals surface area contributed by atoms with Crippen LogP contribution in [0.25, 0.3) is 21.8 Å². The van der Waals surface area contributed by atoms with Gasteiger partial charge in [0.05, 0.1) is 0 Å². The number of halogens is 2. The zero-order valence-corrected chi connectivity index (χ0v) is 18.6. The lowest BCUT2D eigenvalue weighted by Gasteiger charge is -2.12. The van der Waals surface area contributed by atoms with E-state index >= 15 is 0 Å². The summed E-state index contributed by atoms with van der Waals surface area (Å²) in [5.74, 6) is 0. The average molecular weight is 502 g/mol. The molecule has 0 saturated carbocycles. The van der Waals surface area contributed by atoms with Gasteiger partial charge in [-0.3, -0.25) is 0 Å². The molecule has 4 nitrogen and oxygen atoms in total. The average Bonchev–Trinajstić information content (AvgIpc) is 3.26. The van der Waals surface area contributed by atoms with E-state index in [-0.39, 0.29) is 0 Å². The van der Waals surface area contributed by atoms with Gasteiger partial charge in [-0.2, -0.15) is 0 Å². The van der Waals surface area contributed by atoms with Gasteiger partial charge in [-0.1, -0.05) is 44.0 Å². The topological polar surface area (TPSA) is 55.6 Å². The minimum absolute atomic E-state index is 0.984. The van der Waals surface area contributed by atoms with Gasteiger partial charge in [-0.15, -0.1) is 0 Å². The summed E-state index contributed by atoms with van der Waals surface area (Å²) in [6, 6.07) is 12.7. The van der Waals surface area contributed by atoms with E-state index in [1.165, 1.54) is 48.8 Å². The van der Waals surface area contributed by atoms with Crippen LogP contribution in [0.2, 0.25) is 0 Å². The SMILES string of the molecule is Brc1ccc2c3c([nH]c2c1)CCNC3.Brc1cccc2[nH]c3c(c12)CNCC3. The van der Waals surface area contributed by atoms with Gasteiger partial charge in [0.1, 0.15) is 0 Å². The Bertz CT molecular complexity index is 1160. The molecule has 28 heavy (non-hydrogen) atoms. The van der Waals surface area contributed by atoms with Crippen LogP contribution in [0.15, 0.2) is 45.3 Å². The van der Waals surface area contributed by atoms with E-state index < -0.39 is 0 Å². The molecule has 6 rings (SSSR count). The van der Waals surface area contributed by atoms with Crippen molar-refractivity contribution in [1.82, 2.24) is 20.6 Å². The van der Waals surface area contributed by atoms with Gasteiger partial charge in [-0.05, 0) is 35.4 Å². The van der Waals surface area contributed by atoms with Crippen LogP contribution in [0.3, 0.4) is 0 Å². The highest BCUT2D eigenvalue weighted by Crippen LogP contribution is 2.31. The second kappa shape index (κ2) is 7.67. The van der Waals surface area contributed by atoms with Crippen molar-refractivity contribution in [1.29, 1.82) is 0 Å². The fourth-order valence-corrected chi connectivity index (χ4v) is 5.25. The molecule has 2 aromatic carbocycles. The van der Waals surface area contributed by atoms with Crippen LogP contribution in [0.4, 0.5) is 0 Å². The summed E-state index contributed by atoms with van der Waals surface area (Å²) >= 11 is 7.10. The number of hydrogen-bond acceptors (Lipinski definition) is 2. The molecule has 0 atom stereocenters. The summed E-state index contributed by atoms with van der Waals surface area (Å²) < 4.78 is 2.33. The van der Waals surface area contributed by atoms with Crippen LogP contribution >= 0.6 is 31.9 Å². The minimum atomic E-state index is 0.984. The van der Waals surface area contributed by atoms with Crippen LogP contribution in [-0.4, -0.2) is 23.1 Å². The van der Waals surface area contributed by atoms with Crippen LogP contribution in [0.1, 0.15) is 22.5 Å². The first-order chi connectivity index (χ1) is 13.7. The lowest BCUT2D eigenvalue weighted by Crippen LogP contribution is -2.22. The van der Waals surface area contributed by atoms with E-state index in [9.17, 15) is 0 Å². The van der Waals surface area contributed by atoms with Crippen molar-refractivity contribution in [2.45, 2.75) is 25.9 Å². The molecule has 0 aliphatic carbocycles. The van der Waals surface area contributed by atoms with Gasteiger partial charge in [0, 0.05) is 81.2 Å². The van der Waals surface area contributed by atoms with Crippen molar-refractivity contribution in [3.05, 3.63) is 67.9 Å². The highest BCUT2D eigenvalue weighted by molar-refractivity contribution is 9.11. The highest BCUT2D eigenvalue weighted by atomic mass is 79.9. The van der Waals surface area contributed by atoms with Crippen molar-refractivity contribution in [2.24, 2.45) is 0 Å². The Morgan fingerprint density at radius 3 is 2.29 bits per heavy atom. The number of fused-ring (bicyclic) bond motifs is 6. The van der Waals surface area contributed by atoms with Crippen molar-refractivity contribution < 1.29 is 0 Å². The molecule has 0 bridgehead atoms. The van der Waals surface area contributed by atoms with Crippen molar-refractivity contribution in [2.75, 3.05) is 13.1 Å². The normalized spacial score (nSPS) is 15.8. The van der Waals surface area contributed by atoms with Crippen molar-refractivity contribution in [3.63, 3.8) is 0 Å². The van der Waals surface area contributed by atoms with Crippen LogP contribution < -0.4 is 10.6 Å². The molecule has 6 heteroatoms. The Morgan fingerprint density at radius 1 is 0.750 bits per heavy atom. The maximum Gasteiger partial charge on any atom is 0.0470 e. The number of H-pyrrole nitrogens is 2. The molecule has 0 spiro atoms. The van der Waals surface area contributed by atoms with Gasteiger partial charge in [0.2, 0.25) is 0 Å². The number of hydrogen-bond donors (Lipinski definition) is 4.